The van der Waals surface area contributed by atoms with Gasteiger partial charge in [-0.25, -0.2) is 0 Å². The fourth-order valence-corrected chi connectivity index (χ4v) is 7.59. The van der Waals surface area contributed by atoms with Crippen LogP contribution in [0.2, 0.25) is 0 Å². The summed E-state index contributed by atoms with van der Waals surface area (Å²) in [5.74, 6) is -0.553. The number of halogens is 1. The number of aliphatic hydroxyl groups excluding tert-OH is 1. The first-order chi connectivity index (χ1) is 14.1. The fourth-order valence-electron chi connectivity index (χ4n) is 7.37. The van der Waals surface area contributed by atoms with E-state index in [1.807, 2.05) is 13.0 Å². The summed E-state index contributed by atoms with van der Waals surface area (Å²) in [7, 11) is 0. The van der Waals surface area contributed by atoms with Crippen LogP contribution in [0.15, 0.2) is 23.8 Å². The zero-order valence-electron chi connectivity index (χ0n) is 17.9. The second-order valence-electron chi connectivity index (χ2n) is 9.96. The molecule has 164 valence electrons. The molecule has 0 aromatic heterocycles. The van der Waals surface area contributed by atoms with E-state index in [0.29, 0.717) is 12.8 Å². The highest BCUT2D eigenvalue weighted by atomic mass is 35.5. The Hall–Kier alpha value is -1.46. The first-order valence-electron chi connectivity index (χ1n) is 11.1. The molecular formula is C24H31ClO5. The molecule has 7 atom stereocenters. The van der Waals surface area contributed by atoms with Gasteiger partial charge in [-0.2, -0.15) is 0 Å². The molecule has 4 aliphatic carbocycles. The Kier molecular flexibility index (Phi) is 5.30. The van der Waals surface area contributed by atoms with Crippen molar-refractivity contribution in [2.24, 2.45) is 28.6 Å². The van der Waals surface area contributed by atoms with Crippen LogP contribution >= 0.6 is 11.6 Å². The molecule has 0 aromatic rings. The molecule has 3 fully saturated rings. The van der Waals surface area contributed by atoms with E-state index in [9.17, 15) is 19.5 Å². The summed E-state index contributed by atoms with van der Waals surface area (Å²) in [4.78, 5) is 37.3. The minimum atomic E-state index is -1.27. The Labute approximate surface area is 182 Å². The molecule has 0 unspecified atom stereocenters. The van der Waals surface area contributed by atoms with Crippen molar-refractivity contribution in [3.05, 3.63) is 23.8 Å². The zero-order chi connectivity index (χ0) is 21.9. The summed E-state index contributed by atoms with van der Waals surface area (Å²) in [6.45, 7) is 5.84. The van der Waals surface area contributed by atoms with Gasteiger partial charge in [0.2, 0.25) is 0 Å². The molecule has 4 aliphatic rings. The summed E-state index contributed by atoms with van der Waals surface area (Å²) in [6.07, 6.45) is 8.11. The molecule has 0 saturated heterocycles. The lowest BCUT2D eigenvalue weighted by Crippen LogP contribution is -2.62. The van der Waals surface area contributed by atoms with Gasteiger partial charge in [-0.1, -0.05) is 32.4 Å². The number of allylic oxidation sites excluding steroid dienone is 4. The van der Waals surface area contributed by atoms with E-state index in [2.05, 4.69) is 6.92 Å². The van der Waals surface area contributed by atoms with Crippen LogP contribution in [0.25, 0.3) is 0 Å². The Bertz CT molecular complexity index is 847. The third-order valence-corrected chi connectivity index (χ3v) is 9.01. The highest BCUT2D eigenvalue weighted by Gasteiger charge is 2.70. The molecule has 0 aliphatic heterocycles. The first kappa shape index (κ1) is 21.8. The van der Waals surface area contributed by atoms with Gasteiger partial charge in [0, 0.05) is 23.2 Å². The number of rotatable bonds is 4. The Morgan fingerprint density at radius 3 is 2.70 bits per heavy atom. The fraction of sp³-hybridized carbons (Fsp3) is 0.708. The van der Waals surface area contributed by atoms with Gasteiger partial charge >= 0.3 is 5.97 Å². The van der Waals surface area contributed by atoms with E-state index in [1.54, 1.807) is 19.1 Å². The number of esters is 1. The minimum absolute atomic E-state index is 0.00938. The topological polar surface area (TPSA) is 80.7 Å². The second kappa shape index (κ2) is 7.30. The Balaban J connectivity index is 1.76. The number of fused-ring (bicyclic) bond motifs is 5. The predicted molar refractivity (Wildman–Crippen MR) is 113 cm³/mol. The summed E-state index contributed by atoms with van der Waals surface area (Å²) in [5, 5.41) is 11.4. The molecular weight excluding hydrogens is 404 g/mol. The van der Waals surface area contributed by atoms with Crippen molar-refractivity contribution in [1.82, 2.24) is 0 Å². The van der Waals surface area contributed by atoms with Crippen molar-refractivity contribution >= 4 is 29.1 Å². The summed E-state index contributed by atoms with van der Waals surface area (Å²) < 4.78 is 5.89. The molecule has 30 heavy (non-hydrogen) atoms. The van der Waals surface area contributed by atoms with Crippen LogP contribution < -0.4 is 0 Å². The van der Waals surface area contributed by atoms with E-state index in [1.165, 1.54) is 0 Å². The molecule has 0 spiro atoms. The van der Waals surface area contributed by atoms with Crippen LogP contribution in [-0.4, -0.2) is 40.2 Å². The van der Waals surface area contributed by atoms with E-state index in [0.717, 1.165) is 24.8 Å². The van der Waals surface area contributed by atoms with Gasteiger partial charge in [-0.3, -0.25) is 14.4 Å². The van der Waals surface area contributed by atoms with Crippen molar-refractivity contribution in [2.45, 2.75) is 71.0 Å². The molecule has 0 aromatic carbocycles. The van der Waals surface area contributed by atoms with Crippen molar-refractivity contribution in [1.29, 1.82) is 0 Å². The molecule has 5 nitrogen and oxygen atoms in total. The third-order valence-electron chi connectivity index (χ3n) is 8.76. The average molecular weight is 435 g/mol. The summed E-state index contributed by atoms with van der Waals surface area (Å²) >= 11 is 5.99. The number of carbonyl (C=O) groups is 3. The van der Waals surface area contributed by atoms with Crippen LogP contribution in [0.4, 0.5) is 0 Å². The lowest BCUT2D eigenvalue weighted by atomic mass is 9.46. The number of carbonyl (C=O) groups excluding carboxylic acids is 3. The van der Waals surface area contributed by atoms with E-state index < -0.39 is 23.1 Å². The van der Waals surface area contributed by atoms with Gasteiger partial charge in [0.25, 0.3) is 0 Å². The maximum atomic E-state index is 13.1. The van der Waals surface area contributed by atoms with Crippen LogP contribution in [0.1, 0.15) is 59.3 Å². The minimum Gasteiger partial charge on any atom is -0.450 e. The average Bonchev–Trinajstić information content (AvgIpc) is 3.00. The van der Waals surface area contributed by atoms with Gasteiger partial charge in [0.05, 0.1) is 12.0 Å². The first-order valence-corrected chi connectivity index (χ1v) is 11.6. The molecule has 0 bridgehead atoms. The maximum absolute atomic E-state index is 13.1. The molecule has 1 N–H and O–H groups in total. The van der Waals surface area contributed by atoms with Crippen molar-refractivity contribution < 1.29 is 24.2 Å². The van der Waals surface area contributed by atoms with Crippen LogP contribution in [0.3, 0.4) is 0 Å². The largest absolute Gasteiger partial charge is 0.450 e. The number of hydrogen-bond acceptors (Lipinski definition) is 5. The summed E-state index contributed by atoms with van der Waals surface area (Å²) in [6, 6.07) is 0. The number of aliphatic hydroxyl groups is 1. The third kappa shape index (κ3) is 2.81. The van der Waals surface area contributed by atoms with E-state index in [4.69, 9.17) is 16.3 Å². The smallest absolute Gasteiger partial charge is 0.306 e. The van der Waals surface area contributed by atoms with Crippen molar-refractivity contribution in [3.8, 4) is 0 Å². The zero-order valence-corrected chi connectivity index (χ0v) is 18.7. The van der Waals surface area contributed by atoms with Crippen LogP contribution in [0, 0.1) is 28.6 Å². The SMILES string of the molecule is CCC(=O)O[C@@]1(C(=O)CCl)CC[C@H]2[C@@H]3CCC4=CC(=O)C=C[C@]4(C)[C@H]3[C@@H](O)C[C@@]21C. The highest BCUT2D eigenvalue weighted by molar-refractivity contribution is 6.29. The van der Waals surface area contributed by atoms with Crippen LogP contribution in [0.5, 0.6) is 0 Å². The van der Waals surface area contributed by atoms with Crippen LogP contribution in [-0.2, 0) is 19.1 Å². The lowest BCUT2D eigenvalue weighted by molar-refractivity contribution is -0.197. The maximum Gasteiger partial charge on any atom is 0.306 e. The van der Waals surface area contributed by atoms with E-state index in [-0.39, 0.29) is 47.0 Å². The van der Waals surface area contributed by atoms with Gasteiger partial charge in [0.1, 0.15) is 0 Å². The second-order valence-corrected chi connectivity index (χ2v) is 10.2. The molecule has 6 heteroatoms. The summed E-state index contributed by atoms with van der Waals surface area (Å²) in [5.41, 5.74) is -1.19. The van der Waals surface area contributed by atoms with Crippen molar-refractivity contribution in [2.75, 3.05) is 5.88 Å². The number of ether oxygens (including phenoxy) is 1. The number of alkyl halides is 1. The normalized spacial score (nSPS) is 44.6. The number of hydrogen-bond donors (Lipinski definition) is 1. The van der Waals surface area contributed by atoms with Gasteiger partial charge in [-0.15, -0.1) is 11.6 Å². The van der Waals surface area contributed by atoms with Crippen molar-refractivity contribution in [3.63, 3.8) is 0 Å². The van der Waals surface area contributed by atoms with Gasteiger partial charge in [0.15, 0.2) is 17.2 Å². The van der Waals surface area contributed by atoms with E-state index >= 15 is 0 Å². The standard InChI is InChI=1S/C24H31ClO5/c1-4-20(29)30-24(19(28)13-25)10-8-17-16-6-5-14-11-15(26)7-9-22(14,2)21(16)18(27)12-23(17,24)3/h7,9,11,16-18,21,27H,4-6,8,10,12-13H2,1-3H3/t16-,17-,18-,21+,22-,23-,24+/m0/s1. The highest BCUT2D eigenvalue weighted by Crippen LogP contribution is 2.67. The molecule has 0 heterocycles. The monoisotopic (exact) mass is 434 g/mol. The number of ketones is 2. The molecule has 3 saturated carbocycles. The van der Waals surface area contributed by atoms with Gasteiger partial charge in [-0.05, 0) is 56.1 Å². The van der Waals surface area contributed by atoms with Gasteiger partial charge < -0.3 is 9.84 Å². The quantitative estimate of drug-likeness (QED) is 0.538. The predicted octanol–water partition coefficient (Wildman–Crippen LogP) is 3.77. The molecule has 4 rings (SSSR count). The number of Topliss-reactive ketones (excluding diaryl/α,β-unsaturated/α-hetero) is 1. The Morgan fingerprint density at radius 1 is 1.30 bits per heavy atom. The molecule has 0 amide bonds. The molecule has 0 radical (unpaired) electrons. The Morgan fingerprint density at radius 2 is 2.03 bits per heavy atom. The lowest BCUT2D eigenvalue weighted by Gasteiger charge is -2.59.